The van der Waals surface area contributed by atoms with Gasteiger partial charge in [-0.25, -0.2) is 18.0 Å². The molecule has 0 unspecified atom stereocenters. The lowest BCUT2D eigenvalue weighted by atomic mass is 10.1. The van der Waals surface area contributed by atoms with Gasteiger partial charge < -0.3 is 21.1 Å². The molecular formula is C17H13F3N4O6. The maximum Gasteiger partial charge on any atom is 0.340 e. The van der Waals surface area contributed by atoms with Crippen molar-refractivity contribution in [2.75, 3.05) is 24.2 Å². The minimum absolute atomic E-state index is 0.208. The lowest BCUT2D eigenvalue weighted by Gasteiger charge is -2.09. The molecule has 0 bridgehead atoms. The highest BCUT2D eigenvalue weighted by Gasteiger charge is 2.18. The Hall–Kier alpha value is -4.16. The molecule has 0 heterocycles. The highest BCUT2D eigenvalue weighted by atomic mass is 19.2. The van der Waals surface area contributed by atoms with Crippen LogP contribution in [0.1, 0.15) is 10.4 Å². The summed E-state index contributed by atoms with van der Waals surface area (Å²) in [6, 6.07) is 4.42. The molecule has 10 nitrogen and oxygen atoms in total. The smallest absolute Gasteiger partial charge is 0.340 e. The number of nitrogen functional groups attached to an aromatic ring is 1. The number of halogens is 3. The zero-order valence-electron chi connectivity index (χ0n) is 14.9. The molecule has 0 aliphatic rings. The van der Waals surface area contributed by atoms with Crippen molar-refractivity contribution in [1.29, 1.82) is 0 Å². The number of nitrogens with one attached hydrogen (secondary N) is 2. The second kappa shape index (κ2) is 9.36. The van der Waals surface area contributed by atoms with Crippen molar-refractivity contribution >= 4 is 34.8 Å². The molecule has 2 rings (SSSR count). The summed E-state index contributed by atoms with van der Waals surface area (Å²) in [6.07, 6.45) is 0. The van der Waals surface area contributed by atoms with Crippen molar-refractivity contribution in [1.82, 2.24) is 5.32 Å². The summed E-state index contributed by atoms with van der Waals surface area (Å²) in [6.45, 7) is -1.50. The molecule has 0 atom stereocenters. The first-order valence-electron chi connectivity index (χ1n) is 8.01. The Bertz CT molecular complexity index is 1030. The van der Waals surface area contributed by atoms with Crippen LogP contribution >= 0.6 is 0 Å². The van der Waals surface area contributed by atoms with Crippen LogP contribution in [-0.4, -0.2) is 35.9 Å². The van der Waals surface area contributed by atoms with E-state index >= 15 is 0 Å². The fourth-order valence-electron chi connectivity index (χ4n) is 2.11. The van der Waals surface area contributed by atoms with Gasteiger partial charge in [0.05, 0.1) is 28.4 Å². The number of non-ortho nitro benzene ring substituents is 1. The number of nitrogens with two attached hydrogens (primary N) is 1. The number of hydrogen-bond acceptors (Lipinski definition) is 7. The van der Waals surface area contributed by atoms with Crippen LogP contribution in [0.2, 0.25) is 0 Å². The summed E-state index contributed by atoms with van der Waals surface area (Å²) >= 11 is 0. The van der Waals surface area contributed by atoms with Gasteiger partial charge in [0.1, 0.15) is 0 Å². The second-order valence-electron chi connectivity index (χ2n) is 5.65. The predicted molar refractivity (Wildman–Crippen MR) is 95.7 cm³/mol. The van der Waals surface area contributed by atoms with E-state index in [0.29, 0.717) is 6.07 Å². The normalized spacial score (nSPS) is 10.2. The summed E-state index contributed by atoms with van der Waals surface area (Å²) in [5, 5.41) is 14.6. The van der Waals surface area contributed by atoms with E-state index in [1.54, 1.807) is 0 Å². The van der Waals surface area contributed by atoms with Gasteiger partial charge in [0.25, 0.3) is 11.6 Å². The van der Waals surface area contributed by atoms with Crippen molar-refractivity contribution < 1.29 is 37.2 Å². The van der Waals surface area contributed by atoms with Crippen LogP contribution in [-0.2, 0) is 14.3 Å². The fourth-order valence-corrected chi connectivity index (χ4v) is 2.11. The molecule has 158 valence electrons. The highest BCUT2D eigenvalue weighted by Crippen LogP contribution is 2.21. The van der Waals surface area contributed by atoms with Gasteiger partial charge in [-0.2, -0.15) is 0 Å². The third kappa shape index (κ3) is 5.43. The zero-order chi connectivity index (χ0) is 22.4. The Morgan fingerprint density at radius 1 is 1.07 bits per heavy atom. The first kappa shape index (κ1) is 22.1. The molecule has 2 amide bonds. The molecule has 0 radical (unpaired) electrons. The predicted octanol–water partition coefficient (Wildman–Crippen LogP) is 1.51. The van der Waals surface area contributed by atoms with Crippen molar-refractivity contribution in [3.8, 4) is 0 Å². The number of hydrogen-bond donors (Lipinski definition) is 3. The van der Waals surface area contributed by atoms with E-state index in [4.69, 9.17) is 5.73 Å². The highest BCUT2D eigenvalue weighted by molar-refractivity contribution is 5.97. The summed E-state index contributed by atoms with van der Waals surface area (Å²) in [5.74, 6) is -7.72. The van der Waals surface area contributed by atoms with Crippen molar-refractivity contribution in [2.45, 2.75) is 0 Å². The first-order chi connectivity index (χ1) is 14.1. The molecule has 0 fully saturated rings. The Labute approximate surface area is 166 Å². The molecule has 0 saturated carbocycles. The van der Waals surface area contributed by atoms with E-state index in [1.807, 2.05) is 5.32 Å². The van der Waals surface area contributed by atoms with Gasteiger partial charge in [-0.15, -0.1) is 0 Å². The number of esters is 1. The topological polar surface area (TPSA) is 154 Å². The number of carbonyl (C=O) groups is 3. The lowest BCUT2D eigenvalue weighted by Crippen LogP contribution is -2.35. The lowest BCUT2D eigenvalue weighted by molar-refractivity contribution is -0.384. The van der Waals surface area contributed by atoms with Gasteiger partial charge in [0.2, 0.25) is 5.91 Å². The molecule has 0 aliphatic carbocycles. The molecular weight excluding hydrogens is 413 g/mol. The average molecular weight is 426 g/mol. The van der Waals surface area contributed by atoms with Crippen LogP contribution in [0.15, 0.2) is 30.3 Å². The number of nitrogens with zero attached hydrogens (tertiary/aromatic N) is 1. The Morgan fingerprint density at radius 3 is 2.40 bits per heavy atom. The molecule has 0 saturated heterocycles. The van der Waals surface area contributed by atoms with Crippen molar-refractivity contribution in [2.24, 2.45) is 0 Å². The summed E-state index contributed by atoms with van der Waals surface area (Å²) in [5.41, 5.74) is 4.12. The van der Waals surface area contributed by atoms with Gasteiger partial charge in [0.15, 0.2) is 24.1 Å². The van der Waals surface area contributed by atoms with E-state index in [2.05, 4.69) is 10.1 Å². The van der Waals surface area contributed by atoms with Crippen LogP contribution in [0, 0.1) is 27.6 Å². The van der Waals surface area contributed by atoms with E-state index in [-0.39, 0.29) is 16.9 Å². The summed E-state index contributed by atoms with van der Waals surface area (Å²) in [4.78, 5) is 45.1. The van der Waals surface area contributed by atoms with Gasteiger partial charge >= 0.3 is 5.97 Å². The molecule has 13 heteroatoms. The van der Waals surface area contributed by atoms with Gasteiger partial charge in [0, 0.05) is 12.1 Å². The van der Waals surface area contributed by atoms with Crippen LogP contribution in [0.4, 0.5) is 30.2 Å². The summed E-state index contributed by atoms with van der Waals surface area (Å²) < 4.78 is 44.1. The Kier molecular flexibility index (Phi) is 6.90. The number of nitro groups is 1. The molecule has 2 aromatic carbocycles. The number of nitro benzene ring substituents is 1. The minimum Gasteiger partial charge on any atom is -0.452 e. The third-order valence-corrected chi connectivity index (χ3v) is 3.56. The maximum absolute atomic E-state index is 13.5. The molecule has 2 aromatic rings. The SMILES string of the molecule is Nc1cc([N+](=O)[O-])ccc1C(=O)OCC(=O)NCC(=O)Nc1ccc(F)c(F)c1F. The quantitative estimate of drug-likeness (QED) is 0.199. The largest absolute Gasteiger partial charge is 0.452 e. The van der Waals surface area contributed by atoms with Crippen LogP contribution in [0.5, 0.6) is 0 Å². The van der Waals surface area contributed by atoms with Crippen LogP contribution in [0.3, 0.4) is 0 Å². The zero-order valence-corrected chi connectivity index (χ0v) is 14.9. The van der Waals surface area contributed by atoms with Crippen LogP contribution in [0.25, 0.3) is 0 Å². The number of benzene rings is 2. The Morgan fingerprint density at radius 2 is 1.77 bits per heavy atom. The molecule has 0 aliphatic heterocycles. The minimum atomic E-state index is -1.77. The monoisotopic (exact) mass is 426 g/mol. The molecule has 0 aromatic heterocycles. The standard InChI is InChI=1S/C17H13F3N4O6/c18-10-3-4-12(16(20)15(10)19)23-13(25)6-22-14(26)7-30-17(27)9-2-1-8(24(28)29)5-11(9)21/h1-5H,6-7,21H2,(H,22,26)(H,23,25). The third-order valence-electron chi connectivity index (χ3n) is 3.56. The van der Waals surface area contributed by atoms with Gasteiger partial charge in [-0.1, -0.05) is 0 Å². The maximum atomic E-state index is 13.5. The number of ether oxygens (including phenoxy) is 1. The molecule has 30 heavy (non-hydrogen) atoms. The van der Waals surface area contributed by atoms with Crippen molar-refractivity contribution in [3.63, 3.8) is 0 Å². The first-order valence-corrected chi connectivity index (χ1v) is 8.01. The van der Waals surface area contributed by atoms with E-state index in [0.717, 1.165) is 24.3 Å². The van der Waals surface area contributed by atoms with E-state index < -0.39 is 59.0 Å². The Balaban J connectivity index is 1.83. The van der Waals surface area contributed by atoms with Crippen molar-refractivity contribution in [3.05, 3.63) is 63.5 Å². The summed E-state index contributed by atoms with van der Waals surface area (Å²) in [7, 11) is 0. The van der Waals surface area contributed by atoms with Crippen LogP contribution < -0.4 is 16.4 Å². The fraction of sp³-hybridized carbons (Fsp3) is 0.118. The van der Waals surface area contributed by atoms with Gasteiger partial charge in [-0.3, -0.25) is 19.7 Å². The van der Waals surface area contributed by atoms with E-state index in [9.17, 15) is 37.7 Å². The number of anilines is 2. The second-order valence-corrected chi connectivity index (χ2v) is 5.65. The molecule has 4 N–H and O–H groups in total. The number of carbonyl (C=O) groups excluding carboxylic acids is 3. The number of amides is 2. The number of rotatable bonds is 7. The van der Waals surface area contributed by atoms with E-state index in [1.165, 1.54) is 0 Å². The van der Waals surface area contributed by atoms with Gasteiger partial charge in [-0.05, 0) is 18.2 Å². The average Bonchev–Trinajstić information content (AvgIpc) is 2.70. The molecule has 0 spiro atoms.